The number of halogens is 1. The van der Waals surface area contributed by atoms with E-state index in [0.717, 1.165) is 29.4 Å². The van der Waals surface area contributed by atoms with E-state index in [1.807, 2.05) is 31.2 Å². The fourth-order valence-electron chi connectivity index (χ4n) is 3.11. The number of carbonyl (C=O) groups excluding carboxylic acids is 1. The molecule has 146 valence electrons. The van der Waals surface area contributed by atoms with Crippen LogP contribution in [0.15, 0.2) is 57.7 Å². The molecule has 2 aromatic carbocycles. The molecule has 0 saturated carbocycles. The summed E-state index contributed by atoms with van der Waals surface area (Å²) in [4.78, 5) is 24.0. The maximum atomic E-state index is 12.2. The lowest BCUT2D eigenvalue weighted by Crippen LogP contribution is -2.31. The Morgan fingerprint density at radius 1 is 1.21 bits per heavy atom. The SMILES string of the molecule is CCCc1cc(=O)oc2cc(OCC(=O)NC(C)c3ccccc3Cl)ccc12. The van der Waals surface area contributed by atoms with Crippen LogP contribution in [0.4, 0.5) is 0 Å². The Morgan fingerprint density at radius 3 is 2.75 bits per heavy atom. The molecule has 1 unspecified atom stereocenters. The third kappa shape index (κ3) is 4.73. The third-order valence-electron chi connectivity index (χ3n) is 4.44. The predicted octanol–water partition coefficient (Wildman–Crippen LogP) is 4.66. The van der Waals surface area contributed by atoms with E-state index in [4.69, 9.17) is 20.8 Å². The molecular weight excluding hydrogens is 378 g/mol. The second-order valence-electron chi connectivity index (χ2n) is 6.60. The van der Waals surface area contributed by atoms with Crippen LogP contribution in [-0.2, 0) is 11.2 Å². The van der Waals surface area contributed by atoms with Crippen molar-refractivity contribution in [2.24, 2.45) is 0 Å². The van der Waals surface area contributed by atoms with E-state index >= 15 is 0 Å². The van der Waals surface area contributed by atoms with Crippen LogP contribution in [0.2, 0.25) is 5.02 Å². The molecule has 1 aromatic heterocycles. The number of amides is 1. The van der Waals surface area contributed by atoms with E-state index in [9.17, 15) is 9.59 Å². The van der Waals surface area contributed by atoms with Crippen LogP contribution in [0.3, 0.4) is 0 Å². The molecule has 1 atom stereocenters. The first kappa shape index (κ1) is 20.0. The molecule has 1 heterocycles. The average Bonchev–Trinajstić information content (AvgIpc) is 2.66. The van der Waals surface area contributed by atoms with Crippen molar-refractivity contribution in [2.45, 2.75) is 32.7 Å². The number of ether oxygens (including phenoxy) is 1. The van der Waals surface area contributed by atoms with Gasteiger partial charge >= 0.3 is 5.63 Å². The zero-order valence-electron chi connectivity index (χ0n) is 15.8. The molecule has 0 bridgehead atoms. The number of hydrogen-bond acceptors (Lipinski definition) is 4. The zero-order chi connectivity index (χ0) is 20.1. The number of hydrogen-bond donors (Lipinski definition) is 1. The molecule has 3 aromatic rings. The average molecular weight is 400 g/mol. The smallest absolute Gasteiger partial charge is 0.336 e. The van der Waals surface area contributed by atoms with Crippen molar-refractivity contribution in [1.82, 2.24) is 5.32 Å². The number of benzene rings is 2. The first-order valence-corrected chi connectivity index (χ1v) is 9.59. The van der Waals surface area contributed by atoms with Crippen molar-refractivity contribution in [1.29, 1.82) is 0 Å². The molecule has 28 heavy (non-hydrogen) atoms. The molecule has 0 aliphatic rings. The topological polar surface area (TPSA) is 68.5 Å². The molecule has 0 fully saturated rings. The Labute approximate surface area is 168 Å². The molecule has 6 heteroatoms. The summed E-state index contributed by atoms with van der Waals surface area (Å²) in [5.41, 5.74) is 1.86. The summed E-state index contributed by atoms with van der Waals surface area (Å²) in [5.74, 6) is 0.193. The van der Waals surface area contributed by atoms with E-state index in [1.54, 1.807) is 18.2 Å². The standard InChI is InChI=1S/C22H22ClNO4/c1-3-6-15-11-22(26)28-20-12-16(9-10-18(15)20)27-13-21(25)24-14(2)17-7-4-5-8-19(17)23/h4-5,7-12,14H,3,6,13H2,1-2H3,(H,24,25). The van der Waals surface area contributed by atoms with Crippen LogP contribution < -0.4 is 15.7 Å². The highest BCUT2D eigenvalue weighted by molar-refractivity contribution is 6.31. The number of fused-ring (bicyclic) bond motifs is 1. The number of rotatable bonds is 7. The van der Waals surface area contributed by atoms with E-state index in [1.165, 1.54) is 6.07 Å². The van der Waals surface area contributed by atoms with Gasteiger partial charge in [-0.15, -0.1) is 0 Å². The van der Waals surface area contributed by atoms with Gasteiger partial charge in [0.1, 0.15) is 11.3 Å². The summed E-state index contributed by atoms with van der Waals surface area (Å²) in [5, 5.41) is 4.34. The van der Waals surface area contributed by atoms with Crippen molar-refractivity contribution in [3.8, 4) is 5.75 Å². The molecule has 5 nitrogen and oxygen atoms in total. The first-order valence-electron chi connectivity index (χ1n) is 9.21. The Morgan fingerprint density at radius 2 is 2.00 bits per heavy atom. The van der Waals surface area contributed by atoms with Gasteiger partial charge in [-0.1, -0.05) is 43.1 Å². The maximum Gasteiger partial charge on any atom is 0.336 e. The van der Waals surface area contributed by atoms with E-state index in [0.29, 0.717) is 16.4 Å². The molecule has 1 N–H and O–H groups in total. The minimum Gasteiger partial charge on any atom is -0.484 e. The molecule has 0 radical (unpaired) electrons. The van der Waals surface area contributed by atoms with Crippen molar-refractivity contribution in [3.63, 3.8) is 0 Å². The number of aryl methyl sites for hydroxylation is 1. The van der Waals surface area contributed by atoms with Crippen LogP contribution in [0, 0.1) is 0 Å². The second kappa shape index (κ2) is 8.93. The largest absolute Gasteiger partial charge is 0.484 e. The van der Waals surface area contributed by atoms with Gasteiger partial charge in [0, 0.05) is 22.5 Å². The Kier molecular flexibility index (Phi) is 6.37. The van der Waals surface area contributed by atoms with Crippen molar-refractivity contribution in [2.75, 3.05) is 6.61 Å². The summed E-state index contributed by atoms with van der Waals surface area (Å²) >= 11 is 6.16. The molecule has 3 rings (SSSR count). The summed E-state index contributed by atoms with van der Waals surface area (Å²) in [6.07, 6.45) is 1.73. The van der Waals surface area contributed by atoms with Gasteiger partial charge in [0.05, 0.1) is 6.04 Å². The highest BCUT2D eigenvalue weighted by Gasteiger charge is 2.13. The van der Waals surface area contributed by atoms with Crippen molar-refractivity contribution >= 4 is 28.5 Å². The van der Waals surface area contributed by atoms with E-state index in [2.05, 4.69) is 12.2 Å². The monoisotopic (exact) mass is 399 g/mol. The van der Waals surface area contributed by atoms with Crippen LogP contribution in [0.5, 0.6) is 5.75 Å². The van der Waals surface area contributed by atoms with Gasteiger partial charge < -0.3 is 14.5 Å². The molecule has 1 amide bonds. The molecule has 0 aliphatic carbocycles. The summed E-state index contributed by atoms with van der Waals surface area (Å²) in [6.45, 7) is 3.76. The third-order valence-corrected chi connectivity index (χ3v) is 4.78. The highest BCUT2D eigenvalue weighted by atomic mass is 35.5. The highest BCUT2D eigenvalue weighted by Crippen LogP contribution is 2.24. The summed E-state index contributed by atoms with van der Waals surface area (Å²) in [6, 6.07) is 13.9. The quantitative estimate of drug-likeness (QED) is 0.587. The van der Waals surface area contributed by atoms with Crippen LogP contribution in [0.1, 0.15) is 37.4 Å². The normalized spacial score (nSPS) is 12.0. The Hall–Kier alpha value is -2.79. The van der Waals surface area contributed by atoms with E-state index in [-0.39, 0.29) is 24.2 Å². The van der Waals surface area contributed by atoms with Crippen molar-refractivity contribution in [3.05, 3.63) is 75.1 Å². The predicted molar refractivity (Wildman–Crippen MR) is 110 cm³/mol. The molecule has 0 aliphatic heterocycles. The molecular formula is C22H22ClNO4. The minimum absolute atomic E-state index is 0.154. The molecule has 0 spiro atoms. The lowest BCUT2D eigenvalue weighted by atomic mass is 10.1. The lowest BCUT2D eigenvalue weighted by Gasteiger charge is -2.16. The van der Waals surface area contributed by atoms with Gasteiger partial charge in [0.15, 0.2) is 6.61 Å². The zero-order valence-corrected chi connectivity index (χ0v) is 16.6. The molecule has 0 saturated heterocycles. The summed E-state index contributed by atoms with van der Waals surface area (Å²) < 4.78 is 10.9. The summed E-state index contributed by atoms with van der Waals surface area (Å²) in [7, 11) is 0. The lowest BCUT2D eigenvalue weighted by molar-refractivity contribution is -0.123. The van der Waals surface area contributed by atoms with Gasteiger partial charge in [-0.05, 0) is 42.7 Å². The second-order valence-corrected chi connectivity index (χ2v) is 7.01. The van der Waals surface area contributed by atoms with Gasteiger partial charge in [0.2, 0.25) is 0 Å². The van der Waals surface area contributed by atoms with Crippen LogP contribution >= 0.6 is 11.6 Å². The fraction of sp³-hybridized carbons (Fsp3) is 0.273. The van der Waals surface area contributed by atoms with Crippen LogP contribution in [0.25, 0.3) is 11.0 Å². The number of carbonyl (C=O) groups is 1. The van der Waals surface area contributed by atoms with E-state index < -0.39 is 0 Å². The van der Waals surface area contributed by atoms with Crippen molar-refractivity contribution < 1.29 is 13.9 Å². The van der Waals surface area contributed by atoms with Gasteiger partial charge in [-0.2, -0.15) is 0 Å². The number of nitrogens with one attached hydrogen (secondary N) is 1. The van der Waals surface area contributed by atoms with Gasteiger partial charge in [-0.25, -0.2) is 4.79 Å². The minimum atomic E-state index is -0.389. The fourth-order valence-corrected chi connectivity index (χ4v) is 3.41. The van der Waals surface area contributed by atoms with Crippen LogP contribution in [-0.4, -0.2) is 12.5 Å². The Balaban J connectivity index is 1.67. The Bertz CT molecular complexity index is 1040. The first-order chi connectivity index (χ1) is 13.5. The van der Waals surface area contributed by atoms with Gasteiger partial charge in [-0.3, -0.25) is 4.79 Å². The maximum absolute atomic E-state index is 12.2. The van der Waals surface area contributed by atoms with Gasteiger partial charge in [0.25, 0.3) is 5.91 Å².